The summed E-state index contributed by atoms with van der Waals surface area (Å²) in [5.74, 6) is 1.43. The summed E-state index contributed by atoms with van der Waals surface area (Å²) in [6.45, 7) is 11.7. The number of piperidine rings is 1. The van der Waals surface area contributed by atoms with Gasteiger partial charge in [0.25, 0.3) is 0 Å². The molecule has 0 bridgehead atoms. The van der Waals surface area contributed by atoms with E-state index in [1.807, 2.05) is 6.92 Å². The van der Waals surface area contributed by atoms with Gasteiger partial charge in [-0.3, -0.25) is 4.90 Å². The predicted octanol–water partition coefficient (Wildman–Crippen LogP) is 2.69. The highest BCUT2D eigenvalue weighted by atomic mass is 16.5. The predicted molar refractivity (Wildman–Crippen MR) is 92.9 cm³/mol. The monoisotopic (exact) mass is 321 g/mol. The zero-order chi connectivity index (χ0) is 17.0. The molecule has 2 rings (SSSR count). The number of hydrogen-bond acceptors (Lipinski definition) is 4. The van der Waals surface area contributed by atoms with Gasteiger partial charge in [0.1, 0.15) is 5.75 Å². The first kappa shape index (κ1) is 18.2. The van der Waals surface area contributed by atoms with Crippen molar-refractivity contribution in [2.45, 2.75) is 52.7 Å². The van der Waals surface area contributed by atoms with E-state index in [1.165, 1.54) is 16.7 Å². The Hall–Kier alpha value is -1.10. The summed E-state index contributed by atoms with van der Waals surface area (Å²) in [5, 5.41) is 19.4. The van der Waals surface area contributed by atoms with Gasteiger partial charge in [-0.1, -0.05) is 19.9 Å². The Morgan fingerprint density at radius 3 is 2.65 bits per heavy atom. The van der Waals surface area contributed by atoms with Gasteiger partial charge in [0.15, 0.2) is 0 Å². The van der Waals surface area contributed by atoms with Crippen LogP contribution in [-0.4, -0.2) is 47.5 Å². The molecule has 0 amide bonds. The molecule has 0 radical (unpaired) electrons. The van der Waals surface area contributed by atoms with Gasteiger partial charge in [-0.25, -0.2) is 0 Å². The van der Waals surface area contributed by atoms with Crippen LogP contribution in [0.1, 0.15) is 49.8 Å². The molecule has 0 aliphatic carbocycles. The van der Waals surface area contributed by atoms with E-state index >= 15 is 0 Å². The third kappa shape index (κ3) is 4.46. The van der Waals surface area contributed by atoms with E-state index < -0.39 is 6.10 Å². The molecular weight excluding hydrogens is 290 g/mol. The van der Waals surface area contributed by atoms with Crippen LogP contribution in [0.4, 0.5) is 0 Å². The third-order valence-corrected chi connectivity index (χ3v) is 4.82. The fourth-order valence-corrected chi connectivity index (χ4v) is 3.29. The van der Waals surface area contributed by atoms with Crippen molar-refractivity contribution < 1.29 is 14.9 Å². The van der Waals surface area contributed by atoms with Gasteiger partial charge in [-0.15, -0.1) is 0 Å². The van der Waals surface area contributed by atoms with Crippen LogP contribution in [0.2, 0.25) is 0 Å². The maximum absolute atomic E-state index is 10.1. The van der Waals surface area contributed by atoms with Crippen LogP contribution in [0.15, 0.2) is 12.1 Å². The average molecular weight is 321 g/mol. The van der Waals surface area contributed by atoms with Crippen LogP contribution in [0, 0.1) is 12.8 Å². The molecule has 1 aromatic carbocycles. The highest BCUT2D eigenvalue weighted by Gasteiger charge is 2.27. The second-order valence-electron chi connectivity index (χ2n) is 6.94. The fourth-order valence-electron chi connectivity index (χ4n) is 3.29. The fraction of sp³-hybridized carbons (Fsp3) is 0.684. The molecule has 1 saturated heterocycles. The smallest absolute Gasteiger partial charge is 0.123 e. The van der Waals surface area contributed by atoms with Gasteiger partial charge in [0.2, 0.25) is 0 Å². The Bertz CT molecular complexity index is 516. The maximum Gasteiger partial charge on any atom is 0.123 e. The van der Waals surface area contributed by atoms with Crippen molar-refractivity contribution in [1.29, 1.82) is 0 Å². The van der Waals surface area contributed by atoms with E-state index in [9.17, 15) is 10.2 Å². The summed E-state index contributed by atoms with van der Waals surface area (Å²) in [7, 11) is 0. The van der Waals surface area contributed by atoms with E-state index in [4.69, 9.17) is 4.74 Å². The van der Waals surface area contributed by atoms with E-state index in [-0.39, 0.29) is 12.5 Å². The van der Waals surface area contributed by atoms with Crippen molar-refractivity contribution in [3.8, 4) is 5.75 Å². The molecular formula is C19H31NO3. The molecule has 1 aliphatic heterocycles. The maximum atomic E-state index is 10.1. The number of benzene rings is 1. The topological polar surface area (TPSA) is 52.9 Å². The summed E-state index contributed by atoms with van der Waals surface area (Å²) >= 11 is 0. The Balaban J connectivity index is 2.15. The van der Waals surface area contributed by atoms with Gasteiger partial charge in [0.05, 0.1) is 12.7 Å². The SMILES string of the molecule is CCOc1cc(C)c(CN2CC[C@H](CO)[C@@H](O)C2)cc1C(C)C. The molecule has 4 heteroatoms. The number of aryl methyl sites for hydroxylation is 1. The zero-order valence-corrected chi connectivity index (χ0v) is 14.9. The van der Waals surface area contributed by atoms with E-state index in [2.05, 4.69) is 37.8 Å². The Morgan fingerprint density at radius 1 is 1.35 bits per heavy atom. The lowest BCUT2D eigenvalue weighted by atomic mass is 9.93. The lowest BCUT2D eigenvalue weighted by Crippen LogP contribution is -2.44. The molecule has 1 aliphatic rings. The first-order valence-electron chi connectivity index (χ1n) is 8.73. The van der Waals surface area contributed by atoms with Gasteiger partial charge in [-0.05, 0) is 55.5 Å². The number of aliphatic hydroxyl groups is 2. The second kappa shape index (κ2) is 8.13. The van der Waals surface area contributed by atoms with Crippen molar-refractivity contribution in [2.75, 3.05) is 26.3 Å². The number of rotatable bonds is 6. The summed E-state index contributed by atoms with van der Waals surface area (Å²) in [5.41, 5.74) is 3.78. The molecule has 0 unspecified atom stereocenters. The normalized spacial score (nSPS) is 22.6. The number of likely N-dealkylation sites (tertiary alicyclic amines) is 1. The van der Waals surface area contributed by atoms with Crippen LogP contribution in [0.25, 0.3) is 0 Å². The van der Waals surface area contributed by atoms with Gasteiger partial charge in [0, 0.05) is 25.6 Å². The molecule has 130 valence electrons. The Kier molecular flexibility index (Phi) is 6.45. The molecule has 0 aromatic heterocycles. The van der Waals surface area contributed by atoms with Crippen LogP contribution >= 0.6 is 0 Å². The van der Waals surface area contributed by atoms with E-state index in [0.29, 0.717) is 19.1 Å². The largest absolute Gasteiger partial charge is 0.494 e. The number of aliphatic hydroxyl groups excluding tert-OH is 2. The van der Waals surface area contributed by atoms with Crippen molar-refractivity contribution in [1.82, 2.24) is 4.90 Å². The minimum Gasteiger partial charge on any atom is -0.494 e. The summed E-state index contributed by atoms with van der Waals surface area (Å²) in [6, 6.07) is 4.40. The molecule has 2 atom stereocenters. The van der Waals surface area contributed by atoms with Crippen LogP contribution < -0.4 is 4.74 Å². The molecule has 23 heavy (non-hydrogen) atoms. The highest BCUT2D eigenvalue weighted by molar-refractivity contribution is 5.44. The van der Waals surface area contributed by atoms with Crippen molar-refractivity contribution in [3.63, 3.8) is 0 Å². The number of β-amino-alcohol motifs (C(OH)–C–C–N with tert-alkyl or cyclic N) is 1. The first-order chi connectivity index (χ1) is 11.0. The van der Waals surface area contributed by atoms with Crippen LogP contribution in [0.3, 0.4) is 0 Å². The van der Waals surface area contributed by atoms with Gasteiger partial charge >= 0.3 is 0 Å². The molecule has 1 heterocycles. The lowest BCUT2D eigenvalue weighted by Gasteiger charge is -2.35. The average Bonchev–Trinajstić information content (AvgIpc) is 2.50. The number of ether oxygens (including phenoxy) is 1. The summed E-state index contributed by atoms with van der Waals surface area (Å²) < 4.78 is 5.79. The van der Waals surface area contributed by atoms with Crippen molar-refractivity contribution in [2.24, 2.45) is 5.92 Å². The summed E-state index contributed by atoms with van der Waals surface area (Å²) in [4.78, 5) is 2.28. The molecule has 0 spiro atoms. The second-order valence-corrected chi connectivity index (χ2v) is 6.94. The zero-order valence-electron chi connectivity index (χ0n) is 14.9. The van der Waals surface area contributed by atoms with E-state index in [1.54, 1.807) is 0 Å². The quantitative estimate of drug-likeness (QED) is 0.846. The first-order valence-corrected chi connectivity index (χ1v) is 8.73. The minimum atomic E-state index is -0.429. The highest BCUT2D eigenvalue weighted by Crippen LogP contribution is 2.31. The van der Waals surface area contributed by atoms with E-state index in [0.717, 1.165) is 25.3 Å². The van der Waals surface area contributed by atoms with Crippen LogP contribution in [-0.2, 0) is 6.54 Å². The van der Waals surface area contributed by atoms with Crippen molar-refractivity contribution in [3.05, 3.63) is 28.8 Å². The minimum absolute atomic E-state index is 0.0268. The number of nitrogens with zero attached hydrogens (tertiary/aromatic N) is 1. The van der Waals surface area contributed by atoms with Gasteiger partial charge in [-0.2, -0.15) is 0 Å². The number of hydrogen-bond donors (Lipinski definition) is 2. The molecule has 4 nitrogen and oxygen atoms in total. The van der Waals surface area contributed by atoms with Crippen LogP contribution in [0.5, 0.6) is 5.75 Å². The molecule has 1 fully saturated rings. The lowest BCUT2D eigenvalue weighted by molar-refractivity contribution is -0.00450. The van der Waals surface area contributed by atoms with Gasteiger partial charge < -0.3 is 14.9 Å². The summed E-state index contributed by atoms with van der Waals surface area (Å²) in [6.07, 6.45) is 0.423. The Morgan fingerprint density at radius 2 is 2.09 bits per heavy atom. The molecule has 0 saturated carbocycles. The third-order valence-electron chi connectivity index (χ3n) is 4.82. The molecule has 2 N–H and O–H groups in total. The van der Waals surface area contributed by atoms with Crippen molar-refractivity contribution >= 4 is 0 Å². The molecule has 1 aromatic rings. The standard InChI is InChI=1S/C19H31NO3/c1-5-23-19-8-14(4)16(9-17(19)13(2)3)10-20-7-6-15(12-21)18(22)11-20/h8-9,13,15,18,21-22H,5-7,10-12H2,1-4H3/t15-,18+/m1/s1. The Labute approximate surface area is 140 Å².